The van der Waals surface area contributed by atoms with E-state index in [1.165, 1.54) is 0 Å². The van der Waals surface area contributed by atoms with Crippen molar-refractivity contribution in [3.05, 3.63) is 12.2 Å². The van der Waals surface area contributed by atoms with Gasteiger partial charge in [-0.25, -0.2) is 0 Å². The highest BCUT2D eigenvalue weighted by Gasteiger charge is 2.38. The maximum absolute atomic E-state index is 11.5. The molecule has 1 aliphatic rings. The second kappa shape index (κ2) is 3.43. The van der Waals surface area contributed by atoms with Gasteiger partial charge in [-0.05, 0) is 11.8 Å². The summed E-state index contributed by atoms with van der Waals surface area (Å²) in [6.07, 6.45) is 3.97. The number of hydrogen-bond donors (Lipinski definition) is 0. The predicted octanol–water partition coefficient (Wildman–Crippen LogP) is 1.68. The van der Waals surface area contributed by atoms with Crippen molar-refractivity contribution in [2.75, 3.05) is 0 Å². The van der Waals surface area contributed by atoms with E-state index in [-0.39, 0.29) is 11.3 Å². The van der Waals surface area contributed by atoms with Gasteiger partial charge in [-0.3, -0.25) is 4.79 Å². The summed E-state index contributed by atoms with van der Waals surface area (Å²) in [5, 5.41) is 8.02. The molecule has 1 heterocycles. The molecule has 82 valence electrons. The number of nitrogens with zero attached hydrogens (tertiary/aromatic N) is 3. The molecule has 0 aliphatic heterocycles. The van der Waals surface area contributed by atoms with E-state index in [1.807, 2.05) is 11.6 Å². The maximum atomic E-state index is 11.5. The minimum absolute atomic E-state index is 0.148. The predicted molar refractivity (Wildman–Crippen MR) is 56.4 cm³/mol. The van der Waals surface area contributed by atoms with Crippen LogP contribution in [0.3, 0.4) is 0 Å². The Bertz CT molecular complexity index is 381. The first-order chi connectivity index (χ1) is 7.00. The fourth-order valence-corrected chi connectivity index (χ4v) is 2.29. The molecule has 1 saturated carbocycles. The van der Waals surface area contributed by atoms with Crippen LogP contribution >= 0.6 is 0 Å². The Hall–Kier alpha value is -1.19. The molecule has 0 spiro atoms. The quantitative estimate of drug-likeness (QED) is 0.704. The highest BCUT2D eigenvalue weighted by Crippen LogP contribution is 2.44. The van der Waals surface area contributed by atoms with Crippen LogP contribution in [0, 0.1) is 5.41 Å². The van der Waals surface area contributed by atoms with Crippen molar-refractivity contribution in [1.29, 1.82) is 0 Å². The summed E-state index contributed by atoms with van der Waals surface area (Å²) in [5.41, 5.74) is 0.148. The number of carbonyl (C=O) groups is 1. The van der Waals surface area contributed by atoms with Crippen molar-refractivity contribution in [3.8, 4) is 0 Å². The summed E-state index contributed by atoms with van der Waals surface area (Å²) < 4.78 is 1.92. The van der Waals surface area contributed by atoms with Crippen molar-refractivity contribution in [1.82, 2.24) is 14.8 Å². The van der Waals surface area contributed by atoms with Crippen LogP contribution < -0.4 is 0 Å². The Kier molecular flexibility index (Phi) is 2.37. The highest BCUT2D eigenvalue weighted by molar-refractivity contribution is 5.80. The van der Waals surface area contributed by atoms with Gasteiger partial charge in [0.1, 0.15) is 17.9 Å². The van der Waals surface area contributed by atoms with E-state index in [2.05, 4.69) is 24.0 Å². The molecule has 4 heteroatoms. The molecule has 0 N–H and O–H groups in total. The summed E-state index contributed by atoms with van der Waals surface area (Å²) >= 11 is 0. The molecule has 1 aromatic heterocycles. The second-order valence-corrected chi connectivity index (χ2v) is 5.08. The van der Waals surface area contributed by atoms with Gasteiger partial charge >= 0.3 is 0 Å². The van der Waals surface area contributed by atoms with Crippen LogP contribution in [0.15, 0.2) is 6.33 Å². The number of carbonyl (C=O) groups excluding carboxylic acids is 1. The van der Waals surface area contributed by atoms with Gasteiger partial charge in [0, 0.05) is 25.8 Å². The van der Waals surface area contributed by atoms with E-state index in [1.54, 1.807) is 6.33 Å². The average molecular weight is 207 g/mol. The summed E-state index contributed by atoms with van der Waals surface area (Å²) in [7, 11) is 1.94. The van der Waals surface area contributed by atoms with Crippen LogP contribution in [0.5, 0.6) is 0 Å². The molecule has 0 aromatic carbocycles. The molecule has 2 rings (SSSR count). The fourth-order valence-electron chi connectivity index (χ4n) is 2.29. The monoisotopic (exact) mass is 207 g/mol. The zero-order valence-electron chi connectivity index (χ0n) is 9.53. The first-order valence-electron chi connectivity index (χ1n) is 5.36. The van der Waals surface area contributed by atoms with Crippen LogP contribution in [-0.4, -0.2) is 20.5 Å². The third-order valence-corrected chi connectivity index (χ3v) is 3.48. The SMILES string of the molecule is Cn1cnnc1C1CC(=O)CCC1(C)C. The lowest BCUT2D eigenvalue weighted by Gasteiger charge is -2.36. The first kappa shape index (κ1) is 10.3. The summed E-state index contributed by atoms with van der Waals surface area (Å²) in [6.45, 7) is 4.41. The normalized spacial score (nSPS) is 25.5. The lowest BCUT2D eigenvalue weighted by molar-refractivity contribution is -0.122. The molecule has 1 atom stereocenters. The first-order valence-corrected chi connectivity index (χ1v) is 5.36. The fraction of sp³-hybridized carbons (Fsp3) is 0.727. The van der Waals surface area contributed by atoms with Gasteiger partial charge in [-0.15, -0.1) is 10.2 Å². The van der Waals surface area contributed by atoms with E-state index >= 15 is 0 Å². The van der Waals surface area contributed by atoms with Crippen molar-refractivity contribution >= 4 is 5.78 Å². The summed E-state index contributed by atoms with van der Waals surface area (Å²) in [4.78, 5) is 11.5. The van der Waals surface area contributed by atoms with Crippen molar-refractivity contribution in [2.45, 2.75) is 39.0 Å². The minimum Gasteiger partial charge on any atom is -0.320 e. The Labute approximate surface area is 89.7 Å². The lowest BCUT2D eigenvalue weighted by atomic mass is 9.68. The zero-order valence-corrected chi connectivity index (χ0v) is 9.53. The molecule has 1 aromatic rings. The van der Waals surface area contributed by atoms with Gasteiger partial charge in [0.25, 0.3) is 0 Å². The molecule has 0 saturated heterocycles. The smallest absolute Gasteiger partial charge is 0.136 e. The largest absolute Gasteiger partial charge is 0.320 e. The number of aromatic nitrogens is 3. The van der Waals surface area contributed by atoms with Gasteiger partial charge in [0.15, 0.2) is 0 Å². The van der Waals surface area contributed by atoms with E-state index in [4.69, 9.17) is 0 Å². The topological polar surface area (TPSA) is 47.8 Å². The second-order valence-electron chi connectivity index (χ2n) is 5.08. The maximum Gasteiger partial charge on any atom is 0.136 e. The van der Waals surface area contributed by atoms with Crippen LogP contribution in [-0.2, 0) is 11.8 Å². The molecule has 1 aliphatic carbocycles. The van der Waals surface area contributed by atoms with Crippen LogP contribution in [0.1, 0.15) is 44.9 Å². The Balaban J connectivity index is 2.33. The van der Waals surface area contributed by atoms with Crippen molar-refractivity contribution in [2.24, 2.45) is 12.5 Å². The third-order valence-electron chi connectivity index (χ3n) is 3.48. The number of hydrogen-bond acceptors (Lipinski definition) is 3. The number of Topliss-reactive ketones (excluding diaryl/α,β-unsaturated/α-hetero) is 1. The molecular formula is C11H17N3O. The molecule has 1 unspecified atom stereocenters. The standard InChI is InChI=1S/C11H17N3O/c1-11(2)5-4-8(15)6-9(11)10-13-12-7-14(10)3/h7,9H,4-6H2,1-3H3. The van der Waals surface area contributed by atoms with Crippen LogP contribution in [0.4, 0.5) is 0 Å². The number of aryl methyl sites for hydroxylation is 1. The van der Waals surface area contributed by atoms with E-state index in [0.717, 1.165) is 12.2 Å². The molecule has 0 amide bonds. The number of ketones is 1. The van der Waals surface area contributed by atoms with E-state index in [9.17, 15) is 4.79 Å². The Morgan fingerprint density at radius 1 is 1.53 bits per heavy atom. The minimum atomic E-state index is 0.148. The Morgan fingerprint density at radius 3 is 2.87 bits per heavy atom. The van der Waals surface area contributed by atoms with Gasteiger partial charge in [-0.2, -0.15) is 0 Å². The molecule has 0 bridgehead atoms. The highest BCUT2D eigenvalue weighted by atomic mass is 16.1. The van der Waals surface area contributed by atoms with Crippen molar-refractivity contribution < 1.29 is 4.79 Å². The molecule has 1 fully saturated rings. The van der Waals surface area contributed by atoms with E-state index < -0.39 is 0 Å². The molecule has 4 nitrogen and oxygen atoms in total. The van der Waals surface area contributed by atoms with Crippen LogP contribution in [0.25, 0.3) is 0 Å². The van der Waals surface area contributed by atoms with E-state index in [0.29, 0.717) is 18.6 Å². The molecule has 15 heavy (non-hydrogen) atoms. The van der Waals surface area contributed by atoms with Crippen LogP contribution in [0.2, 0.25) is 0 Å². The third kappa shape index (κ3) is 1.80. The molecule has 0 radical (unpaired) electrons. The lowest BCUT2D eigenvalue weighted by Crippen LogP contribution is -2.32. The van der Waals surface area contributed by atoms with Gasteiger partial charge < -0.3 is 4.57 Å². The summed E-state index contributed by atoms with van der Waals surface area (Å²) in [6, 6.07) is 0. The average Bonchev–Trinajstić information content (AvgIpc) is 2.56. The van der Waals surface area contributed by atoms with Gasteiger partial charge in [0.05, 0.1) is 0 Å². The van der Waals surface area contributed by atoms with Crippen molar-refractivity contribution in [3.63, 3.8) is 0 Å². The zero-order chi connectivity index (χ0) is 11.1. The van der Waals surface area contributed by atoms with Gasteiger partial charge in [-0.1, -0.05) is 13.8 Å². The Morgan fingerprint density at radius 2 is 2.27 bits per heavy atom. The number of rotatable bonds is 1. The summed E-state index contributed by atoms with van der Waals surface area (Å²) in [5.74, 6) is 1.50. The van der Waals surface area contributed by atoms with Gasteiger partial charge in [0.2, 0.25) is 0 Å². The molecular weight excluding hydrogens is 190 g/mol.